The van der Waals surface area contributed by atoms with Crippen LogP contribution in [0.2, 0.25) is 0 Å². The van der Waals surface area contributed by atoms with Crippen molar-refractivity contribution in [2.75, 3.05) is 16.4 Å². The molecule has 4 aromatic rings. The van der Waals surface area contributed by atoms with E-state index in [2.05, 4.69) is 22.0 Å². The lowest BCUT2D eigenvalue weighted by Crippen LogP contribution is -2.31. The zero-order valence-electron chi connectivity index (χ0n) is 21.4. The second-order valence-electron chi connectivity index (χ2n) is 9.10. The van der Waals surface area contributed by atoms with Gasteiger partial charge in [-0.05, 0) is 49.1 Å². The molecule has 1 aliphatic rings. The number of rotatable bonds is 7. The number of nitrogens with zero attached hydrogens (tertiary/aromatic N) is 1. The molecule has 2 heterocycles. The largest absolute Gasteiger partial charge is 0.468 e. The fraction of sp³-hybridized carbons (Fsp3) is 0.129. The lowest BCUT2D eigenvalue weighted by Gasteiger charge is -2.28. The number of hydrogen-bond acceptors (Lipinski definition) is 6. The number of dihydropyridines is 1. The molecule has 8 heteroatoms. The Hall–Kier alpha value is -4.74. The van der Waals surface area contributed by atoms with Crippen molar-refractivity contribution in [3.63, 3.8) is 0 Å². The van der Waals surface area contributed by atoms with Crippen molar-refractivity contribution in [2.45, 2.75) is 19.8 Å². The maximum atomic E-state index is 13.5. The van der Waals surface area contributed by atoms with E-state index in [1.807, 2.05) is 73.7 Å². The molecule has 1 aliphatic heterocycles. The zero-order valence-corrected chi connectivity index (χ0v) is 22.3. The molecule has 0 saturated heterocycles. The van der Waals surface area contributed by atoms with Crippen LogP contribution in [0.1, 0.15) is 24.2 Å². The van der Waals surface area contributed by atoms with Crippen LogP contribution < -0.4 is 16.0 Å². The second-order valence-corrected chi connectivity index (χ2v) is 10.1. The van der Waals surface area contributed by atoms with Crippen molar-refractivity contribution in [1.82, 2.24) is 5.32 Å². The Morgan fingerprint density at radius 1 is 0.949 bits per heavy atom. The van der Waals surface area contributed by atoms with Crippen molar-refractivity contribution >= 4 is 45.7 Å². The van der Waals surface area contributed by atoms with Crippen LogP contribution in [0.5, 0.6) is 0 Å². The maximum absolute atomic E-state index is 13.5. The Kier molecular flexibility index (Phi) is 7.53. The third-order valence-electron chi connectivity index (χ3n) is 6.52. The summed E-state index contributed by atoms with van der Waals surface area (Å²) < 4.78 is 5.69. The number of amides is 2. The smallest absolute Gasteiger partial charge is 0.254 e. The minimum Gasteiger partial charge on any atom is -0.468 e. The highest BCUT2D eigenvalue weighted by Crippen LogP contribution is 2.41. The van der Waals surface area contributed by atoms with Crippen LogP contribution in [0.4, 0.5) is 11.4 Å². The van der Waals surface area contributed by atoms with Crippen molar-refractivity contribution in [3.05, 3.63) is 118 Å². The standard InChI is InChI=1S/C31H26N4O3S/c1-19-9-3-6-13-24(19)35-30(37)28-20(2)33-31(23(17-32)29(28)26-15-8-16-38-26)39-18-27(36)34-25-14-7-11-21-10-4-5-12-22(21)25/h3-16,29,33H,18H2,1-2H3,(H,34,36)(H,35,37)/t29-/m1/s1. The Balaban J connectivity index is 1.39. The number of fused-ring (bicyclic) bond motifs is 1. The van der Waals surface area contributed by atoms with Gasteiger partial charge in [0.1, 0.15) is 5.76 Å². The lowest BCUT2D eigenvalue weighted by atomic mass is 9.85. The highest BCUT2D eigenvalue weighted by atomic mass is 32.2. The van der Waals surface area contributed by atoms with Gasteiger partial charge in [-0.2, -0.15) is 5.26 Å². The van der Waals surface area contributed by atoms with Crippen LogP contribution in [-0.4, -0.2) is 17.6 Å². The molecule has 1 aromatic heterocycles. The number of nitriles is 1. The van der Waals surface area contributed by atoms with E-state index in [0.717, 1.165) is 22.0 Å². The molecule has 7 nitrogen and oxygen atoms in total. The zero-order chi connectivity index (χ0) is 27.4. The highest BCUT2D eigenvalue weighted by Gasteiger charge is 2.36. The summed E-state index contributed by atoms with van der Waals surface area (Å²) >= 11 is 1.21. The van der Waals surface area contributed by atoms with Crippen LogP contribution in [0.15, 0.2) is 111 Å². The van der Waals surface area contributed by atoms with Gasteiger partial charge in [0.2, 0.25) is 5.91 Å². The highest BCUT2D eigenvalue weighted by molar-refractivity contribution is 8.03. The minimum absolute atomic E-state index is 0.0691. The summed E-state index contributed by atoms with van der Waals surface area (Å²) in [5.74, 6) is -0.720. The number of carbonyl (C=O) groups excluding carboxylic acids is 2. The van der Waals surface area contributed by atoms with Crippen molar-refractivity contribution in [2.24, 2.45) is 0 Å². The first-order valence-corrected chi connectivity index (χ1v) is 13.4. The molecule has 39 heavy (non-hydrogen) atoms. The number of allylic oxidation sites excluding steroid dienone is 2. The molecule has 194 valence electrons. The minimum atomic E-state index is -0.723. The molecule has 3 N–H and O–H groups in total. The van der Waals surface area contributed by atoms with Gasteiger partial charge < -0.3 is 20.4 Å². The SMILES string of the molecule is CC1=C(C(=O)Nc2ccccc2C)[C@@H](c2ccco2)C(C#N)=C(SCC(=O)Nc2cccc3ccccc23)N1. The summed E-state index contributed by atoms with van der Waals surface area (Å²) in [6.45, 7) is 3.70. The van der Waals surface area contributed by atoms with Gasteiger partial charge in [0.15, 0.2) is 0 Å². The molecular formula is C31H26N4O3S. The molecule has 5 rings (SSSR count). The Morgan fingerprint density at radius 2 is 1.69 bits per heavy atom. The Bertz CT molecular complexity index is 1660. The maximum Gasteiger partial charge on any atom is 0.254 e. The fourth-order valence-corrected chi connectivity index (χ4v) is 5.52. The number of aryl methyl sites for hydroxylation is 1. The normalized spacial score (nSPS) is 15.1. The van der Waals surface area contributed by atoms with Crippen LogP contribution in [0.25, 0.3) is 10.8 Å². The lowest BCUT2D eigenvalue weighted by molar-refractivity contribution is -0.114. The van der Waals surface area contributed by atoms with Crippen molar-refractivity contribution in [3.8, 4) is 6.07 Å². The van der Waals surface area contributed by atoms with E-state index in [1.54, 1.807) is 19.1 Å². The van der Waals surface area contributed by atoms with Gasteiger partial charge in [-0.25, -0.2) is 0 Å². The van der Waals surface area contributed by atoms with Gasteiger partial charge in [-0.3, -0.25) is 9.59 Å². The third kappa shape index (κ3) is 5.44. The van der Waals surface area contributed by atoms with Crippen LogP contribution in [0, 0.1) is 18.3 Å². The predicted octanol–water partition coefficient (Wildman–Crippen LogP) is 6.45. The number of benzene rings is 3. The van der Waals surface area contributed by atoms with Gasteiger partial charge >= 0.3 is 0 Å². The Labute approximate surface area is 230 Å². The summed E-state index contributed by atoms with van der Waals surface area (Å²) in [6, 6.07) is 26.8. The van der Waals surface area contributed by atoms with Gasteiger partial charge in [0, 0.05) is 22.5 Å². The van der Waals surface area contributed by atoms with Gasteiger partial charge in [-0.15, -0.1) is 0 Å². The summed E-state index contributed by atoms with van der Waals surface area (Å²) in [7, 11) is 0. The van der Waals surface area contributed by atoms with E-state index in [9.17, 15) is 14.9 Å². The first-order chi connectivity index (χ1) is 19.0. The number of nitrogens with one attached hydrogen (secondary N) is 3. The molecule has 0 unspecified atom stereocenters. The summed E-state index contributed by atoms with van der Waals surface area (Å²) in [5, 5.41) is 21.9. The van der Waals surface area contributed by atoms with Gasteiger partial charge in [-0.1, -0.05) is 66.4 Å². The van der Waals surface area contributed by atoms with Gasteiger partial charge in [0.25, 0.3) is 5.91 Å². The Morgan fingerprint density at radius 3 is 2.46 bits per heavy atom. The molecule has 0 spiro atoms. The third-order valence-corrected chi connectivity index (χ3v) is 7.54. The van der Waals surface area contributed by atoms with E-state index in [1.165, 1.54) is 18.0 Å². The number of para-hydroxylation sites is 1. The van der Waals surface area contributed by atoms with E-state index in [4.69, 9.17) is 4.42 Å². The monoisotopic (exact) mass is 534 g/mol. The van der Waals surface area contributed by atoms with E-state index in [0.29, 0.717) is 33.3 Å². The fourth-order valence-electron chi connectivity index (χ4n) is 4.63. The summed E-state index contributed by atoms with van der Waals surface area (Å²) in [6.07, 6.45) is 1.52. The van der Waals surface area contributed by atoms with E-state index >= 15 is 0 Å². The van der Waals surface area contributed by atoms with Crippen LogP contribution >= 0.6 is 11.8 Å². The van der Waals surface area contributed by atoms with E-state index < -0.39 is 5.92 Å². The second kappa shape index (κ2) is 11.3. The predicted molar refractivity (Wildman–Crippen MR) is 155 cm³/mol. The number of hydrogen-bond donors (Lipinski definition) is 3. The van der Waals surface area contributed by atoms with Crippen molar-refractivity contribution < 1.29 is 14.0 Å². The molecule has 0 bridgehead atoms. The summed E-state index contributed by atoms with van der Waals surface area (Å²) in [4.78, 5) is 26.5. The van der Waals surface area contributed by atoms with Gasteiger partial charge in [0.05, 0.1) is 40.2 Å². The molecule has 0 fully saturated rings. The molecule has 3 aromatic carbocycles. The number of thioether (sulfide) groups is 1. The first-order valence-electron chi connectivity index (χ1n) is 12.4. The quantitative estimate of drug-likeness (QED) is 0.252. The molecule has 0 saturated carbocycles. The molecule has 1 atom stereocenters. The summed E-state index contributed by atoms with van der Waals surface area (Å²) in [5.41, 5.74) is 3.62. The number of furan rings is 1. The number of carbonyl (C=O) groups is 2. The first kappa shape index (κ1) is 25.9. The average Bonchev–Trinajstić information content (AvgIpc) is 3.48. The molecule has 0 aliphatic carbocycles. The average molecular weight is 535 g/mol. The van der Waals surface area contributed by atoms with Crippen LogP contribution in [0.3, 0.4) is 0 Å². The number of anilines is 2. The topological polar surface area (TPSA) is 107 Å². The molecule has 0 radical (unpaired) electrons. The molecular weight excluding hydrogens is 508 g/mol. The van der Waals surface area contributed by atoms with Crippen molar-refractivity contribution in [1.29, 1.82) is 5.26 Å². The van der Waals surface area contributed by atoms with Crippen LogP contribution in [-0.2, 0) is 9.59 Å². The molecule has 2 amide bonds. The van der Waals surface area contributed by atoms with E-state index in [-0.39, 0.29) is 17.6 Å².